The van der Waals surface area contributed by atoms with Crippen molar-refractivity contribution in [1.29, 1.82) is 0 Å². The first-order chi connectivity index (χ1) is 14.0. The molecular weight excluding hydrogens is 370 g/mol. The molecule has 1 aliphatic rings. The van der Waals surface area contributed by atoms with Gasteiger partial charge in [-0.25, -0.2) is 18.9 Å². The summed E-state index contributed by atoms with van der Waals surface area (Å²) < 4.78 is 7.88. The second kappa shape index (κ2) is 7.69. The number of nitrogens with zero attached hydrogens (tertiary/aromatic N) is 5. The summed E-state index contributed by atoms with van der Waals surface area (Å²) in [6.07, 6.45) is 2.14. The Morgan fingerprint density at radius 3 is 2.72 bits per heavy atom. The molecule has 0 bridgehead atoms. The molecule has 1 aliphatic heterocycles. The highest BCUT2D eigenvalue weighted by Crippen LogP contribution is 2.22. The normalized spacial score (nSPS) is 16.9. The molecule has 0 unspecified atom stereocenters. The van der Waals surface area contributed by atoms with E-state index in [4.69, 9.17) is 4.74 Å². The van der Waals surface area contributed by atoms with Crippen LogP contribution in [0.5, 0.6) is 5.75 Å². The van der Waals surface area contributed by atoms with Crippen molar-refractivity contribution in [2.45, 2.75) is 33.2 Å². The van der Waals surface area contributed by atoms with Gasteiger partial charge in [0.2, 0.25) is 5.91 Å². The lowest BCUT2D eigenvalue weighted by molar-refractivity contribution is -0.133. The number of aromatic nitrogens is 4. The standard InChI is InChI=1S/C21H25N5O3/c1-14-5-4-10-24(12-14)20(27)13-25-21(28)26-15(2)22-18(11-19(26)23-25)16-6-8-17(29-3)9-7-16/h6-9,11,14H,4-5,10,12-13H2,1-3H3/t14-/m1/s1. The van der Waals surface area contributed by atoms with E-state index in [0.29, 0.717) is 23.1 Å². The monoisotopic (exact) mass is 395 g/mol. The van der Waals surface area contributed by atoms with E-state index >= 15 is 0 Å². The van der Waals surface area contributed by atoms with Gasteiger partial charge in [0.15, 0.2) is 5.65 Å². The summed E-state index contributed by atoms with van der Waals surface area (Å²) in [7, 11) is 1.62. The van der Waals surface area contributed by atoms with Crippen molar-refractivity contribution < 1.29 is 9.53 Å². The van der Waals surface area contributed by atoms with Crippen LogP contribution in [0, 0.1) is 12.8 Å². The number of amides is 1. The fourth-order valence-electron chi connectivity index (χ4n) is 3.86. The van der Waals surface area contributed by atoms with Crippen LogP contribution in [0.2, 0.25) is 0 Å². The van der Waals surface area contributed by atoms with Crippen LogP contribution in [0.25, 0.3) is 16.9 Å². The van der Waals surface area contributed by atoms with E-state index in [1.807, 2.05) is 29.2 Å². The number of carbonyl (C=O) groups excluding carboxylic acids is 1. The molecule has 2 aromatic heterocycles. The number of hydrogen-bond acceptors (Lipinski definition) is 5. The Balaban J connectivity index is 1.64. The van der Waals surface area contributed by atoms with Crippen molar-refractivity contribution in [3.63, 3.8) is 0 Å². The number of aryl methyl sites for hydroxylation is 1. The molecule has 1 saturated heterocycles. The molecule has 152 valence electrons. The van der Waals surface area contributed by atoms with E-state index in [1.54, 1.807) is 20.1 Å². The van der Waals surface area contributed by atoms with Gasteiger partial charge in [-0.1, -0.05) is 6.92 Å². The number of likely N-dealkylation sites (tertiary alicyclic amines) is 1. The van der Waals surface area contributed by atoms with Gasteiger partial charge in [-0.3, -0.25) is 4.79 Å². The molecule has 29 heavy (non-hydrogen) atoms. The quantitative estimate of drug-likeness (QED) is 0.676. The Morgan fingerprint density at radius 2 is 2.03 bits per heavy atom. The average Bonchev–Trinajstić information content (AvgIpc) is 3.03. The van der Waals surface area contributed by atoms with Crippen molar-refractivity contribution in [3.8, 4) is 17.0 Å². The van der Waals surface area contributed by atoms with Gasteiger partial charge in [0.25, 0.3) is 0 Å². The first kappa shape index (κ1) is 19.2. The zero-order valence-corrected chi connectivity index (χ0v) is 17.0. The van der Waals surface area contributed by atoms with Crippen LogP contribution < -0.4 is 10.4 Å². The summed E-state index contributed by atoms with van der Waals surface area (Å²) in [5.74, 6) is 1.72. The summed E-state index contributed by atoms with van der Waals surface area (Å²) in [5, 5.41) is 4.40. The van der Waals surface area contributed by atoms with Crippen LogP contribution in [0.4, 0.5) is 0 Å². The molecule has 1 fully saturated rings. The smallest absolute Gasteiger partial charge is 0.352 e. The number of benzene rings is 1. The molecule has 0 N–H and O–H groups in total. The minimum absolute atomic E-state index is 0.0510. The maximum absolute atomic E-state index is 12.8. The summed E-state index contributed by atoms with van der Waals surface area (Å²) in [5.41, 5.74) is 1.75. The molecule has 0 aliphatic carbocycles. The summed E-state index contributed by atoms with van der Waals surface area (Å²) >= 11 is 0. The topological polar surface area (TPSA) is 81.7 Å². The number of fused-ring (bicyclic) bond motifs is 1. The highest BCUT2D eigenvalue weighted by molar-refractivity contribution is 5.76. The molecule has 3 aromatic rings. The second-order valence-electron chi connectivity index (χ2n) is 7.64. The summed E-state index contributed by atoms with van der Waals surface area (Å²) in [4.78, 5) is 31.9. The third kappa shape index (κ3) is 3.74. The number of hydrogen-bond donors (Lipinski definition) is 0. The largest absolute Gasteiger partial charge is 0.497 e. The number of ether oxygens (including phenoxy) is 1. The molecular formula is C21H25N5O3. The third-order valence-electron chi connectivity index (χ3n) is 5.42. The van der Waals surface area contributed by atoms with Crippen LogP contribution >= 0.6 is 0 Å². The minimum Gasteiger partial charge on any atom is -0.497 e. The molecule has 1 aromatic carbocycles. The molecule has 3 heterocycles. The maximum atomic E-state index is 12.8. The SMILES string of the molecule is COc1ccc(-c2cc3nn(CC(=O)N4CCC[C@@H](C)C4)c(=O)n3c(C)n2)cc1. The van der Waals surface area contributed by atoms with E-state index in [-0.39, 0.29) is 18.1 Å². The predicted molar refractivity (Wildman–Crippen MR) is 109 cm³/mol. The predicted octanol–water partition coefficient (Wildman–Crippen LogP) is 2.13. The van der Waals surface area contributed by atoms with E-state index in [9.17, 15) is 9.59 Å². The molecule has 8 nitrogen and oxygen atoms in total. The van der Waals surface area contributed by atoms with Gasteiger partial charge < -0.3 is 9.64 Å². The zero-order chi connectivity index (χ0) is 20.5. The Morgan fingerprint density at radius 1 is 1.28 bits per heavy atom. The first-order valence-corrected chi connectivity index (χ1v) is 9.85. The zero-order valence-electron chi connectivity index (χ0n) is 17.0. The van der Waals surface area contributed by atoms with Gasteiger partial charge in [-0.2, -0.15) is 0 Å². The fourth-order valence-corrected chi connectivity index (χ4v) is 3.86. The van der Waals surface area contributed by atoms with Gasteiger partial charge in [-0.05, 0) is 49.9 Å². The highest BCUT2D eigenvalue weighted by atomic mass is 16.5. The summed E-state index contributed by atoms with van der Waals surface area (Å²) in [6.45, 7) is 5.34. The molecule has 0 spiro atoms. The highest BCUT2D eigenvalue weighted by Gasteiger charge is 2.23. The second-order valence-corrected chi connectivity index (χ2v) is 7.64. The van der Waals surface area contributed by atoms with Crippen LogP contribution in [0.15, 0.2) is 35.1 Å². The maximum Gasteiger partial charge on any atom is 0.352 e. The Bertz CT molecular complexity index is 1100. The van der Waals surface area contributed by atoms with Crippen LogP contribution in [0.3, 0.4) is 0 Å². The van der Waals surface area contributed by atoms with Gasteiger partial charge in [0.05, 0.1) is 12.8 Å². The van der Waals surface area contributed by atoms with Gasteiger partial charge >= 0.3 is 5.69 Å². The number of carbonyl (C=O) groups is 1. The Kier molecular flexibility index (Phi) is 5.08. The van der Waals surface area contributed by atoms with E-state index in [0.717, 1.165) is 37.2 Å². The van der Waals surface area contributed by atoms with E-state index in [1.165, 1.54) is 9.08 Å². The number of methoxy groups -OCH3 is 1. The van der Waals surface area contributed by atoms with Crippen LogP contribution in [-0.2, 0) is 11.3 Å². The lowest BCUT2D eigenvalue weighted by Crippen LogP contribution is -2.42. The van der Waals surface area contributed by atoms with Gasteiger partial charge in [-0.15, -0.1) is 5.10 Å². The van der Waals surface area contributed by atoms with Crippen molar-refractivity contribution in [1.82, 2.24) is 24.1 Å². The first-order valence-electron chi connectivity index (χ1n) is 9.85. The Hall–Kier alpha value is -3.16. The molecule has 8 heteroatoms. The fraction of sp³-hybridized carbons (Fsp3) is 0.429. The van der Waals surface area contributed by atoms with Crippen molar-refractivity contribution in [2.24, 2.45) is 5.92 Å². The Labute approximate surface area is 168 Å². The third-order valence-corrected chi connectivity index (χ3v) is 5.42. The van der Waals surface area contributed by atoms with Crippen LogP contribution in [0.1, 0.15) is 25.6 Å². The van der Waals surface area contributed by atoms with Crippen LogP contribution in [-0.4, -0.2) is 50.2 Å². The van der Waals surface area contributed by atoms with Crippen molar-refractivity contribution in [3.05, 3.63) is 46.6 Å². The molecule has 0 saturated carbocycles. The van der Waals surface area contributed by atoms with Gasteiger partial charge in [0, 0.05) is 24.7 Å². The number of rotatable bonds is 4. The minimum atomic E-state index is -0.343. The molecule has 1 atom stereocenters. The average molecular weight is 395 g/mol. The molecule has 1 amide bonds. The van der Waals surface area contributed by atoms with Crippen molar-refractivity contribution in [2.75, 3.05) is 20.2 Å². The van der Waals surface area contributed by atoms with E-state index < -0.39 is 0 Å². The lowest BCUT2D eigenvalue weighted by atomic mass is 10.0. The van der Waals surface area contributed by atoms with Crippen molar-refractivity contribution >= 4 is 11.6 Å². The lowest BCUT2D eigenvalue weighted by Gasteiger charge is -2.30. The summed E-state index contributed by atoms with van der Waals surface area (Å²) in [6, 6.07) is 9.31. The molecule has 4 rings (SSSR count). The number of piperidine rings is 1. The van der Waals surface area contributed by atoms with Gasteiger partial charge in [0.1, 0.15) is 18.1 Å². The van der Waals surface area contributed by atoms with E-state index in [2.05, 4.69) is 17.0 Å². The molecule has 0 radical (unpaired) electrons.